The van der Waals surface area contributed by atoms with E-state index >= 15 is 0 Å². The molecular weight excluding hydrogens is 284 g/mol. The van der Waals surface area contributed by atoms with Gasteiger partial charge < -0.3 is 15.4 Å². The minimum absolute atomic E-state index is 0.0550. The Kier molecular flexibility index (Phi) is 5.44. The van der Waals surface area contributed by atoms with E-state index in [0.29, 0.717) is 19.5 Å². The standard InChI is InChI=1S/C12H17BrN2O2/c1-15(12(16)5-6-14)8-9-3-4-11(17-2)10(13)7-9/h3-4,7H,5-6,8,14H2,1-2H3. The van der Waals surface area contributed by atoms with Crippen LogP contribution in [0, 0.1) is 0 Å². The van der Waals surface area contributed by atoms with Crippen molar-refractivity contribution in [1.29, 1.82) is 0 Å². The fraction of sp³-hybridized carbons (Fsp3) is 0.417. The number of hydrogen-bond donors (Lipinski definition) is 1. The highest BCUT2D eigenvalue weighted by Gasteiger charge is 2.09. The summed E-state index contributed by atoms with van der Waals surface area (Å²) in [7, 11) is 3.40. The minimum Gasteiger partial charge on any atom is -0.496 e. The molecule has 5 heteroatoms. The molecule has 0 aliphatic heterocycles. The third-order valence-corrected chi connectivity index (χ3v) is 3.04. The Morgan fingerprint density at radius 2 is 2.24 bits per heavy atom. The van der Waals surface area contributed by atoms with Crippen molar-refractivity contribution in [2.24, 2.45) is 5.73 Å². The van der Waals surface area contributed by atoms with Crippen molar-refractivity contribution in [2.45, 2.75) is 13.0 Å². The van der Waals surface area contributed by atoms with Gasteiger partial charge in [-0.1, -0.05) is 6.07 Å². The maximum absolute atomic E-state index is 11.6. The molecule has 0 aliphatic carbocycles. The van der Waals surface area contributed by atoms with Crippen LogP contribution in [0.1, 0.15) is 12.0 Å². The number of hydrogen-bond acceptors (Lipinski definition) is 3. The molecule has 0 saturated heterocycles. The Bertz CT molecular complexity index is 396. The molecule has 94 valence electrons. The molecule has 0 aliphatic rings. The molecule has 0 spiro atoms. The smallest absolute Gasteiger partial charge is 0.223 e. The quantitative estimate of drug-likeness (QED) is 0.901. The van der Waals surface area contributed by atoms with Crippen molar-refractivity contribution in [3.8, 4) is 5.75 Å². The number of carbonyl (C=O) groups excluding carboxylic acids is 1. The molecule has 0 radical (unpaired) electrons. The van der Waals surface area contributed by atoms with Crippen LogP contribution in [0.15, 0.2) is 22.7 Å². The Balaban J connectivity index is 2.68. The van der Waals surface area contributed by atoms with E-state index in [1.54, 1.807) is 19.1 Å². The molecule has 1 aromatic carbocycles. The lowest BCUT2D eigenvalue weighted by Gasteiger charge is -2.17. The van der Waals surface area contributed by atoms with Crippen LogP contribution in [0.2, 0.25) is 0 Å². The number of halogens is 1. The van der Waals surface area contributed by atoms with E-state index in [0.717, 1.165) is 15.8 Å². The van der Waals surface area contributed by atoms with E-state index in [-0.39, 0.29) is 5.91 Å². The largest absolute Gasteiger partial charge is 0.496 e. The summed E-state index contributed by atoms with van der Waals surface area (Å²) in [6.07, 6.45) is 0.383. The first-order valence-electron chi connectivity index (χ1n) is 5.35. The van der Waals surface area contributed by atoms with Crippen molar-refractivity contribution in [3.05, 3.63) is 28.2 Å². The zero-order valence-electron chi connectivity index (χ0n) is 10.1. The lowest BCUT2D eigenvalue weighted by atomic mass is 10.2. The van der Waals surface area contributed by atoms with Gasteiger partial charge in [0.15, 0.2) is 0 Å². The van der Waals surface area contributed by atoms with Crippen LogP contribution in [0.4, 0.5) is 0 Å². The molecular formula is C12H17BrN2O2. The van der Waals surface area contributed by atoms with Crippen LogP contribution in [0.25, 0.3) is 0 Å². The van der Waals surface area contributed by atoms with Gasteiger partial charge in [-0.15, -0.1) is 0 Å². The van der Waals surface area contributed by atoms with E-state index in [2.05, 4.69) is 15.9 Å². The summed E-state index contributed by atoms with van der Waals surface area (Å²) in [6.45, 7) is 0.955. The summed E-state index contributed by atoms with van der Waals surface area (Å²) in [5.74, 6) is 0.837. The second-order valence-electron chi connectivity index (χ2n) is 3.76. The fourth-order valence-electron chi connectivity index (χ4n) is 1.48. The Morgan fingerprint density at radius 3 is 2.76 bits per heavy atom. The molecule has 0 heterocycles. The number of amides is 1. The number of benzene rings is 1. The SMILES string of the molecule is COc1ccc(CN(C)C(=O)CCN)cc1Br. The van der Waals surface area contributed by atoms with Crippen molar-refractivity contribution in [1.82, 2.24) is 4.90 Å². The van der Waals surface area contributed by atoms with Crippen LogP contribution >= 0.6 is 15.9 Å². The summed E-state index contributed by atoms with van der Waals surface area (Å²) in [5, 5.41) is 0. The molecule has 1 rings (SSSR count). The maximum atomic E-state index is 11.6. The highest BCUT2D eigenvalue weighted by Crippen LogP contribution is 2.25. The first-order valence-corrected chi connectivity index (χ1v) is 6.14. The van der Waals surface area contributed by atoms with Crippen LogP contribution in [0.3, 0.4) is 0 Å². The van der Waals surface area contributed by atoms with Gasteiger partial charge in [0.25, 0.3) is 0 Å². The first-order chi connectivity index (χ1) is 8.08. The number of carbonyl (C=O) groups is 1. The molecule has 0 aromatic heterocycles. The summed E-state index contributed by atoms with van der Waals surface area (Å²) in [6, 6.07) is 5.77. The van der Waals surface area contributed by atoms with Crippen LogP contribution in [-0.2, 0) is 11.3 Å². The van der Waals surface area contributed by atoms with E-state index in [4.69, 9.17) is 10.5 Å². The van der Waals surface area contributed by atoms with E-state index < -0.39 is 0 Å². The van der Waals surface area contributed by atoms with Gasteiger partial charge in [-0.2, -0.15) is 0 Å². The van der Waals surface area contributed by atoms with Gasteiger partial charge in [0.05, 0.1) is 11.6 Å². The zero-order valence-corrected chi connectivity index (χ0v) is 11.7. The maximum Gasteiger partial charge on any atom is 0.223 e. The van der Waals surface area contributed by atoms with Gasteiger partial charge in [-0.25, -0.2) is 0 Å². The topological polar surface area (TPSA) is 55.6 Å². The summed E-state index contributed by atoms with van der Waals surface area (Å²) in [5.41, 5.74) is 6.40. The van der Waals surface area contributed by atoms with E-state index in [1.807, 2.05) is 18.2 Å². The molecule has 2 N–H and O–H groups in total. The predicted molar refractivity (Wildman–Crippen MR) is 70.8 cm³/mol. The van der Waals surface area contributed by atoms with Gasteiger partial charge >= 0.3 is 0 Å². The van der Waals surface area contributed by atoms with Crippen molar-refractivity contribution < 1.29 is 9.53 Å². The molecule has 0 fully saturated rings. The molecule has 1 amide bonds. The Hall–Kier alpha value is -1.07. The van der Waals surface area contributed by atoms with Gasteiger partial charge in [0.2, 0.25) is 5.91 Å². The van der Waals surface area contributed by atoms with E-state index in [9.17, 15) is 4.79 Å². The van der Waals surface area contributed by atoms with Crippen molar-refractivity contribution >= 4 is 21.8 Å². The van der Waals surface area contributed by atoms with Crippen LogP contribution in [0.5, 0.6) is 5.75 Å². The Labute approximate surface area is 110 Å². The average Bonchev–Trinajstić information content (AvgIpc) is 2.29. The van der Waals surface area contributed by atoms with Crippen molar-refractivity contribution in [3.63, 3.8) is 0 Å². The molecule has 17 heavy (non-hydrogen) atoms. The summed E-state index contributed by atoms with van der Waals surface area (Å²) in [4.78, 5) is 13.2. The summed E-state index contributed by atoms with van der Waals surface area (Å²) < 4.78 is 6.03. The molecule has 0 unspecified atom stereocenters. The predicted octanol–water partition coefficient (Wildman–Crippen LogP) is 1.76. The molecule has 4 nitrogen and oxygen atoms in total. The molecule has 0 bridgehead atoms. The second-order valence-corrected chi connectivity index (χ2v) is 4.61. The number of methoxy groups -OCH3 is 1. The van der Waals surface area contributed by atoms with Crippen molar-refractivity contribution in [2.75, 3.05) is 20.7 Å². The number of nitrogens with two attached hydrogens (primary N) is 1. The number of ether oxygens (including phenoxy) is 1. The van der Waals surface area contributed by atoms with Gasteiger partial charge in [-0.3, -0.25) is 4.79 Å². The van der Waals surface area contributed by atoms with Gasteiger partial charge in [-0.05, 0) is 33.6 Å². The second kappa shape index (κ2) is 6.61. The minimum atomic E-state index is 0.0550. The highest BCUT2D eigenvalue weighted by molar-refractivity contribution is 9.10. The van der Waals surface area contributed by atoms with Crippen LogP contribution in [-0.4, -0.2) is 31.5 Å². The Morgan fingerprint density at radius 1 is 1.53 bits per heavy atom. The third kappa shape index (κ3) is 4.02. The van der Waals surface area contributed by atoms with Gasteiger partial charge in [0, 0.05) is 26.6 Å². The fourth-order valence-corrected chi connectivity index (χ4v) is 2.07. The molecule has 0 atom stereocenters. The molecule has 0 saturated carbocycles. The number of rotatable bonds is 5. The monoisotopic (exact) mass is 300 g/mol. The van der Waals surface area contributed by atoms with Gasteiger partial charge in [0.1, 0.15) is 5.75 Å². The van der Waals surface area contributed by atoms with E-state index in [1.165, 1.54) is 0 Å². The lowest BCUT2D eigenvalue weighted by Crippen LogP contribution is -2.27. The summed E-state index contributed by atoms with van der Waals surface area (Å²) >= 11 is 3.42. The van der Waals surface area contributed by atoms with Crippen LogP contribution < -0.4 is 10.5 Å². The third-order valence-electron chi connectivity index (χ3n) is 2.42. The lowest BCUT2D eigenvalue weighted by molar-refractivity contribution is -0.130. The number of nitrogens with zero attached hydrogens (tertiary/aromatic N) is 1. The zero-order chi connectivity index (χ0) is 12.8. The molecule has 1 aromatic rings. The first kappa shape index (κ1) is 14.0. The normalized spacial score (nSPS) is 10.1. The highest BCUT2D eigenvalue weighted by atomic mass is 79.9. The average molecular weight is 301 g/mol.